The fourth-order valence-corrected chi connectivity index (χ4v) is 1.80. The number of rotatable bonds is 8. The molecule has 0 bridgehead atoms. The largest absolute Gasteiger partial charge is 0.381 e. The quantitative estimate of drug-likeness (QED) is 0.705. The smallest absolute Gasteiger partial charge is 0.138 e. The first-order valence-electron chi connectivity index (χ1n) is 6.47. The summed E-state index contributed by atoms with van der Waals surface area (Å²) >= 11 is 0. The van der Waals surface area contributed by atoms with Crippen LogP contribution in [0.3, 0.4) is 0 Å². The molecule has 0 unspecified atom stereocenters. The molecule has 1 heterocycles. The maximum absolute atomic E-state index is 5.57. The van der Waals surface area contributed by atoms with Crippen LogP contribution in [-0.2, 0) is 11.3 Å². The van der Waals surface area contributed by atoms with Gasteiger partial charge in [0.2, 0.25) is 0 Å². The average molecular weight is 238 g/mol. The maximum atomic E-state index is 5.57. The van der Waals surface area contributed by atoms with Crippen molar-refractivity contribution in [1.82, 2.24) is 10.5 Å². The zero-order valence-corrected chi connectivity index (χ0v) is 10.8. The molecule has 1 aromatic heterocycles. The number of hydrogen-bond acceptors (Lipinski definition) is 4. The Kier molecular flexibility index (Phi) is 4.57. The molecule has 4 nitrogen and oxygen atoms in total. The van der Waals surface area contributed by atoms with E-state index in [4.69, 9.17) is 9.26 Å². The topological polar surface area (TPSA) is 47.3 Å². The molecule has 2 rings (SSSR count). The minimum absolute atomic E-state index is 0.837. The number of aryl methyl sites for hydroxylation is 2. The van der Waals surface area contributed by atoms with E-state index in [1.165, 1.54) is 18.4 Å². The van der Waals surface area contributed by atoms with Gasteiger partial charge in [-0.25, -0.2) is 0 Å². The second kappa shape index (κ2) is 6.17. The van der Waals surface area contributed by atoms with Gasteiger partial charge >= 0.3 is 0 Å². The lowest BCUT2D eigenvalue weighted by atomic mass is 10.2. The molecule has 0 aliphatic heterocycles. The standard InChI is InChI=1S/C13H22N2O2/c1-10-13(11(2)17-15-10)8-14-6-3-7-16-9-12-4-5-12/h12,14H,3-9H2,1-2H3. The van der Waals surface area contributed by atoms with Crippen molar-refractivity contribution in [3.63, 3.8) is 0 Å². The van der Waals surface area contributed by atoms with Gasteiger partial charge in [-0.05, 0) is 45.6 Å². The van der Waals surface area contributed by atoms with Gasteiger partial charge in [0, 0.05) is 25.3 Å². The van der Waals surface area contributed by atoms with E-state index in [0.29, 0.717) is 0 Å². The third kappa shape index (κ3) is 4.13. The van der Waals surface area contributed by atoms with E-state index in [2.05, 4.69) is 10.5 Å². The summed E-state index contributed by atoms with van der Waals surface area (Å²) in [5.41, 5.74) is 2.17. The minimum atomic E-state index is 0.837. The number of nitrogens with one attached hydrogen (secondary N) is 1. The zero-order chi connectivity index (χ0) is 12.1. The monoisotopic (exact) mass is 238 g/mol. The molecule has 17 heavy (non-hydrogen) atoms. The van der Waals surface area contributed by atoms with E-state index < -0.39 is 0 Å². The van der Waals surface area contributed by atoms with Crippen LogP contribution in [0, 0.1) is 19.8 Å². The third-order valence-electron chi connectivity index (χ3n) is 3.18. The normalized spacial score (nSPS) is 15.4. The minimum Gasteiger partial charge on any atom is -0.381 e. The number of nitrogens with zero attached hydrogens (tertiary/aromatic N) is 1. The highest BCUT2D eigenvalue weighted by atomic mass is 16.5. The van der Waals surface area contributed by atoms with Crippen LogP contribution in [0.2, 0.25) is 0 Å². The molecule has 0 radical (unpaired) electrons. The zero-order valence-electron chi connectivity index (χ0n) is 10.8. The molecule has 1 N–H and O–H groups in total. The molecular formula is C13H22N2O2. The lowest BCUT2D eigenvalue weighted by Crippen LogP contribution is -2.17. The second-order valence-corrected chi connectivity index (χ2v) is 4.85. The summed E-state index contributed by atoms with van der Waals surface area (Å²) in [6, 6.07) is 0. The Balaban J connectivity index is 1.50. The summed E-state index contributed by atoms with van der Waals surface area (Å²) in [6.45, 7) is 7.58. The van der Waals surface area contributed by atoms with Crippen molar-refractivity contribution < 1.29 is 9.26 Å². The van der Waals surface area contributed by atoms with E-state index in [9.17, 15) is 0 Å². The van der Waals surface area contributed by atoms with Gasteiger partial charge < -0.3 is 14.6 Å². The molecule has 0 amide bonds. The van der Waals surface area contributed by atoms with Crippen LogP contribution in [-0.4, -0.2) is 24.9 Å². The molecule has 4 heteroatoms. The van der Waals surface area contributed by atoms with Gasteiger partial charge in [-0.1, -0.05) is 5.16 Å². The average Bonchev–Trinajstić information content (AvgIpc) is 3.08. The van der Waals surface area contributed by atoms with Crippen molar-refractivity contribution in [2.45, 2.75) is 39.7 Å². The molecule has 0 atom stereocenters. The van der Waals surface area contributed by atoms with Gasteiger partial charge in [0.15, 0.2) is 0 Å². The first-order chi connectivity index (χ1) is 8.27. The first-order valence-corrected chi connectivity index (χ1v) is 6.47. The Bertz CT molecular complexity index is 326. The summed E-state index contributed by atoms with van der Waals surface area (Å²) in [5, 5.41) is 7.32. The van der Waals surface area contributed by atoms with Crippen LogP contribution in [0.1, 0.15) is 36.3 Å². The summed E-state index contributed by atoms with van der Waals surface area (Å²) < 4.78 is 10.7. The van der Waals surface area contributed by atoms with Crippen molar-refractivity contribution in [1.29, 1.82) is 0 Å². The predicted molar refractivity (Wildman–Crippen MR) is 65.8 cm³/mol. The highest BCUT2D eigenvalue weighted by Gasteiger charge is 2.20. The highest BCUT2D eigenvalue weighted by Crippen LogP contribution is 2.28. The summed E-state index contributed by atoms with van der Waals surface area (Å²) in [4.78, 5) is 0. The Morgan fingerprint density at radius 3 is 2.88 bits per heavy atom. The van der Waals surface area contributed by atoms with Crippen LogP contribution < -0.4 is 5.32 Å². The fourth-order valence-electron chi connectivity index (χ4n) is 1.80. The van der Waals surface area contributed by atoms with Crippen molar-refractivity contribution in [3.05, 3.63) is 17.0 Å². The summed E-state index contributed by atoms with van der Waals surface area (Å²) in [6.07, 6.45) is 3.80. The number of hydrogen-bond donors (Lipinski definition) is 1. The lowest BCUT2D eigenvalue weighted by molar-refractivity contribution is 0.122. The predicted octanol–water partition coefficient (Wildman–Crippen LogP) is 2.20. The van der Waals surface area contributed by atoms with Crippen LogP contribution in [0.15, 0.2) is 4.52 Å². The highest BCUT2D eigenvalue weighted by molar-refractivity contribution is 5.20. The summed E-state index contributed by atoms with van der Waals surface area (Å²) in [7, 11) is 0. The van der Waals surface area contributed by atoms with E-state index in [-0.39, 0.29) is 0 Å². The van der Waals surface area contributed by atoms with Crippen molar-refractivity contribution >= 4 is 0 Å². The Labute approximate surface area is 103 Å². The molecule has 0 spiro atoms. The molecule has 96 valence electrons. The second-order valence-electron chi connectivity index (χ2n) is 4.85. The van der Waals surface area contributed by atoms with Gasteiger partial charge in [-0.15, -0.1) is 0 Å². The van der Waals surface area contributed by atoms with Crippen LogP contribution in [0.4, 0.5) is 0 Å². The van der Waals surface area contributed by atoms with Gasteiger partial charge in [0.05, 0.1) is 5.69 Å². The van der Waals surface area contributed by atoms with Gasteiger partial charge in [-0.3, -0.25) is 0 Å². The van der Waals surface area contributed by atoms with Gasteiger partial charge in [0.25, 0.3) is 0 Å². The van der Waals surface area contributed by atoms with Gasteiger partial charge in [0.1, 0.15) is 5.76 Å². The Hall–Kier alpha value is -0.870. The molecule has 0 saturated heterocycles. The van der Waals surface area contributed by atoms with Crippen LogP contribution in [0.5, 0.6) is 0 Å². The Morgan fingerprint density at radius 2 is 2.24 bits per heavy atom. The molecule has 1 fully saturated rings. The maximum Gasteiger partial charge on any atom is 0.138 e. The summed E-state index contributed by atoms with van der Waals surface area (Å²) in [5.74, 6) is 1.78. The van der Waals surface area contributed by atoms with Crippen LogP contribution in [0.25, 0.3) is 0 Å². The number of aromatic nitrogens is 1. The fraction of sp³-hybridized carbons (Fsp3) is 0.769. The number of ether oxygens (including phenoxy) is 1. The van der Waals surface area contributed by atoms with E-state index in [0.717, 1.165) is 50.1 Å². The molecule has 1 aliphatic carbocycles. The third-order valence-corrected chi connectivity index (χ3v) is 3.18. The van der Waals surface area contributed by atoms with Crippen LogP contribution >= 0.6 is 0 Å². The van der Waals surface area contributed by atoms with E-state index in [1.54, 1.807) is 0 Å². The molecule has 1 aromatic rings. The van der Waals surface area contributed by atoms with Crippen molar-refractivity contribution in [3.8, 4) is 0 Å². The lowest BCUT2D eigenvalue weighted by Gasteiger charge is -2.05. The van der Waals surface area contributed by atoms with Gasteiger partial charge in [-0.2, -0.15) is 0 Å². The van der Waals surface area contributed by atoms with Crippen molar-refractivity contribution in [2.24, 2.45) is 5.92 Å². The first kappa shape index (κ1) is 12.6. The van der Waals surface area contributed by atoms with E-state index in [1.807, 2.05) is 13.8 Å². The van der Waals surface area contributed by atoms with Crippen molar-refractivity contribution in [2.75, 3.05) is 19.8 Å². The van der Waals surface area contributed by atoms with E-state index >= 15 is 0 Å². The molecular weight excluding hydrogens is 216 g/mol. The molecule has 0 aromatic carbocycles. The molecule has 1 aliphatic rings. The molecule has 1 saturated carbocycles. The Morgan fingerprint density at radius 1 is 1.41 bits per heavy atom. The SMILES string of the molecule is Cc1noc(C)c1CNCCCOCC1CC1.